The number of aromatic nitrogens is 1. The van der Waals surface area contributed by atoms with E-state index in [-0.39, 0.29) is 5.91 Å². The topological polar surface area (TPSA) is 51.2 Å². The van der Waals surface area contributed by atoms with Crippen molar-refractivity contribution in [1.82, 2.24) is 10.3 Å². The van der Waals surface area contributed by atoms with Crippen LogP contribution in [-0.2, 0) is 24.5 Å². The van der Waals surface area contributed by atoms with Gasteiger partial charge in [-0.15, -0.1) is 0 Å². The summed E-state index contributed by atoms with van der Waals surface area (Å²) in [5.74, 6) is -0.163. The fraction of sp³-hybridized carbons (Fsp3) is 0.182. The van der Waals surface area contributed by atoms with Gasteiger partial charge in [0.15, 0.2) is 0 Å². The molecule has 1 aromatic heterocycles. The summed E-state index contributed by atoms with van der Waals surface area (Å²) in [5.41, 5.74) is 4.58. The molecular formula is C22H22N2O2. The van der Waals surface area contributed by atoms with Crippen molar-refractivity contribution in [3.05, 3.63) is 101 Å². The van der Waals surface area contributed by atoms with Gasteiger partial charge in [0.1, 0.15) is 5.69 Å². The lowest BCUT2D eigenvalue weighted by Gasteiger charge is -2.08. The first-order valence-corrected chi connectivity index (χ1v) is 8.62. The van der Waals surface area contributed by atoms with Crippen LogP contribution in [0.15, 0.2) is 72.8 Å². The van der Waals surface area contributed by atoms with Crippen LogP contribution >= 0.6 is 0 Å². The predicted molar refractivity (Wildman–Crippen MR) is 102 cm³/mol. The zero-order valence-corrected chi connectivity index (χ0v) is 14.8. The van der Waals surface area contributed by atoms with E-state index in [2.05, 4.69) is 22.4 Å². The number of nitrogens with zero attached hydrogens (tertiary/aromatic N) is 1. The second-order valence-electron chi connectivity index (χ2n) is 6.14. The molecule has 0 aliphatic carbocycles. The van der Waals surface area contributed by atoms with Gasteiger partial charge in [-0.2, -0.15) is 0 Å². The molecule has 0 aliphatic rings. The first-order valence-electron chi connectivity index (χ1n) is 8.62. The van der Waals surface area contributed by atoms with Gasteiger partial charge in [-0.1, -0.05) is 60.7 Å². The van der Waals surface area contributed by atoms with Crippen molar-refractivity contribution in [3.63, 3.8) is 0 Å². The standard InChI is InChI=1S/C22H22N2O2/c1-17-6-5-9-21(24-17)22(25)23-14-18-10-12-20(13-11-18)16-26-15-19-7-3-2-4-8-19/h2-13H,14-16H2,1H3,(H,23,25). The molecule has 0 bridgehead atoms. The summed E-state index contributed by atoms with van der Waals surface area (Å²) in [7, 11) is 0. The maximum atomic E-state index is 12.1. The number of carbonyl (C=O) groups excluding carboxylic acids is 1. The number of aryl methyl sites for hydroxylation is 1. The average Bonchev–Trinajstić information content (AvgIpc) is 2.68. The first-order chi connectivity index (χ1) is 12.7. The highest BCUT2D eigenvalue weighted by atomic mass is 16.5. The van der Waals surface area contributed by atoms with Crippen LogP contribution < -0.4 is 5.32 Å². The van der Waals surface area contributed by atoms with Crippen molar-refractivity contribution in [2.75, 3.05) is 0 Å². The Kier molecular flexibility index (Phi) is 6.12. The number of nitrogens with one attached hydrogen (secondary N) is 1. The highest BCUT2D eigenvalue weighted by molar-refractivity contribution is 5.92. The summed E-state index contributed by atoms with van der Waals surface area (Å²) in [6, 6.07) is 23.6. The van der Waals surface area contributed by atoms with Crippen molar-refractivity contribution < 1.29 is 9.53 Å². The van der Waals surface area contributed by atoms with Gasteiger partial charge in [0, 0.05) is 12.2 Å². The number of amides is 1. The Bertz CT molecular complexity index is 846. The van der Waals surface area contributed by atoms with Crippen molar-refractivity contribution in [3.8, 4) is 0 Å². The highest BCUT2D eigenvalue weighted by Crippen LogP contribution is 2.08. The van der Waals surface area contributed by atoms with Gasteiger partial charge in [0.2, 0.25) is 0 Å². The minimum atomic E-state index is -0.163. The Hall–Kier alpha value is -2.98. The lowest BCUT2D eigenvalue weighted by atomic mass is 10.1. The summed E-state index contributed by atoms with van der Waals surface area (Å²) >= 11 is 0. The summed E-state index contributed by atoms with van der Waals surface area (Å²) in [6.07, 6.45) is 0. The normalized spacial score (nSPS) is 10.5. The molecule has 0 saturated heterocycles. The van der Waals surface area contributed by atoms with Gasteiger partial charge in [-0.25, -0.2) is 4.98 Å². The minimum absolute atomic E-state index is 0.163. The van der Waals surface area contributed by atoms with Crippen molar-refractivity contribution >= 4 is 5.91 Å². The second-order valence-corrected chi connectivity index (χ2v) is 6.14. The molecule has 0 fully saturated rings. The number of pyridine rings is 1. The Morgan fingerprint density at radius 2 is 1.50 bits per heavy atom. The van der Waals surface area contributed by atoms with Crippen LogP contribution in [0.5, 0.6) is 0 Å². The van der Waals surface area contributed by atoms with E-state index >= 15 is 0 Å². The summed E-state index contributed by atoms with van der Waals surface area (Å²) in [4.78, 5) is 16.3. The van der Waals surface area contributed by atoms with Crippen LogP contribution in [0.2, 0.25) is 0 Å². The molecule has 2 aromatic carbocycles. The Morgan fingerprint density at radius 3 is 2.19 bits per heavy atom. The first kappa shape index (κ1) is 17.8. The molecule has 26 heavy (non-hydrogen) atoms. The van der Waals surface area contributed by atoms with Crippen LogP contribution in [-0.4, -0.2) is 10.9 Å². The molecule has 1 heterocycles. The van der Waals surface area contributed by atoms with E-state index in [1.165, 1.54) is 0 Å². The van der Waals surface area contributed by atoms with Gasteiger partial charge in [0.25, 0.3) is 5.91 Å². The van der Waals surface area contributed by atoms with Crippen LogP contribution in [0.25, 0.3) is 0 Å². The fourth-order valence-corrected chi connectivity index (χ4v) is 2.56. The summed E-state index contributed by atoms with van der Waals surface area (Å²) in [6.45, 7) is 3.51. The van der Waals surface area contributed by atoms with Crippen LogP contribution in [0.4, 0.5) is 0 Å². The number of ether oxygens (including phenoxy) is 1. The Balaban J connectivity index is 1.46. The highest BCUT2D eigenvalue weighted by Gasteiger charge is 2.06. The molecule has 3 aromatic rings. The molecule has 0 aliphatic heterocycles. The van der Waals surface area contributed by atoms with E-state index in [1.807, 2.05) is 61.5 Å². The van der Waals surface area contributed by atoms with E-state index in [1.54, 1.807) is 6.07 Å². The van der Waals surface area contributed by atoms with E-state index in [0.29, 0.717) is 25.5 Å². The number of carbonyl (C=O) groups is 1. The molecule has 0 unspecified atom stereocenters. The molecule has 4 nitrogen and oxygen atoms in total. The molecule has 0 radical (unpaired) electrons. The Labute approximate surface area is 153 Å². The third-order valence-electron chi connectivity index (χ3n) is 3.98. The number of hydrogen-bond donors (Lipinski definition) is 1. The third kappa shape index (κ3) is 5.26. The van der Waals surface area contributed by atoms with E-state index < -0.39 is 0 Å². The molecule has 0 spiro atoms. The minimum Gasteiger partial charge on any atom is -0.372 e. The average molecular weight is 346 g/mol. The molecule has 3 rings (SSSR count). The van der Waals surface area contributed by atoms with Crippen LogP contribution in [0.1, 0.15) is 32.9 Å². The molecule has 0 saturated carbocycles. The van der Waals surface area contributed by atoms with Gasteiger partial charge in [-0.3, -0.25) is 4.79 Å². The van der Waals surface area contributed by atoms with Crippen molar-refractivity contribution in [1.29, 1.82) is 0 Å². The molecule has 4 heteroatoms. The Morgan fingerprint density at radius 1 is 0.846 bits per heavy atom. The van der Waals surface area contributed by atoms with Crippen molar-refractivity contribution in [2.24, 2.45) is 0 Å². The zero-order chi connectivity index (χ0) is 18.2. The van der Waals surface area contributed by atoms with E-state index in [4.69, 9.17) is 4.74 Å². The van der Waals surface area contributed by atoms with Gasteiger partial charge < -0.3 is 10.1 Å². The number of rotatable bonds is 7. The van der Waals surface area contributed by atoms with Gasteiger partial charge >= 0.3 is 0 Å². The smallest absolute Gasteiger partial charge is 0.270 e. The third-order valence-corrected chi connectivity index (χ3v) is 3.98. The zero-order valence-electron chi connectivity index (χ0n) is 14.8. The van der Waals surface area contributed by atoms with Crippen molar-refractivity contribution in [2.45, 2.75) is 26.7 Å². The van der Waals surface area contributed by atoms with E-state index in [9.17, 15) is 4.79 Å². The molecule has 1 amide bonds. The molecule has 1 N–H and O–H groups in total. The second kappa shape index (κ2) is 8.92. The monoisotopic (exact) mass is 346 g/mol. The lowest BCUT2D eigenvalue weighted by molar-refractivity contribution is 0.0945. The van der Waals surface area contributed by atoms with Gasteiger partial charge in [0.05, 0.1) is 13.2 Å². The maximum absolute atomic E-state index is 12.1. The van der Waals surface area contributed by atoms with Crippen LogP contribution in [0, 0.1) is 6.92 Å². The number of hydrogen-bond acceptors (Lipinski definition) is 3. The fourth-order valence-electron chi connectivity index (χ4n) is 2.56. The van der Waals surface area contributed by atoms with E-state index in [0.717, 1.165) is 22.4 Å². The SMILES string of the molecule is Cc1cccc(C(=O)NCc2ccc(COCc3ccccc3)cc2)n1. The largest absolute Gasteiger partial charge is 0.372 e. The maximum Gasteiger partial charge on any atom is 0.270 e. The quantitative estimate of drug-likeness (QED) is 0.702. The number of benzene rings is 2. The predicted octanol–water partition coefficient (Wildman–Crippen LogP) is 4.04. The van der Waals surface area contributed by atoms with Crippen LogP contribution in [0.3, 0.4) is 0 Å². The summed E-state index contributed by atoms with van der Waals surface area (Å²) in [5, 5.41) is 2.89. The van der Waals surface area contributed by atoms with Gasteiger partial charge in [-0.05, 0) is 35.7 Å². The lowest BCUT2D eigenvalue weighted by Crippen LogP contribution is -2.23. The molecule has 132 valence electrons. The summed E-state index contributed by atoms with van der Waals surface area (Å²) < 4.78 is 5.73. The molecular weight excluding hydrogens is 324 g/mol. The molecule has 0 atom stereocenters.